The summed E-state index contributed by atoms with van der Waals surface area (Å²) in [4.78, 5) is 32.3. The second kappa shape index (κ2) is 10.4. The Labute approximate surface area is 200 Å². The van der Waals surface area contributed by atoms with Crippen LogP contribution in [0.15, 0.2) is 45.4 Å². The van der Waals surface area contributed by atoms with Crippen molar-refractivity contribution in [1.29, 1.82) is 0 Å². The average Bonchev–Trinajstić information content (AvgIpc) is 3.47. The van der Waals surface area contributed by atoms with E-state index in [1.165, 1.54) is 11.1 Å². The summed E-state index contributed by atoms with van der Waals surface area (Å²) in [5.74, 6) is 0.353. The van der Waals surface area contributed by atoms with Gasteiger partial charge in [-0.25, -0.2) is 9.78 Å². The monoisotopic (exact) mass is 515 g/mol. The second-order valence-corrected chi connectivity index (χ2v) is 8.62. The predicted molar refractivity (Wildman–Crippen MR) is 129 cm³/mol. The van der Waals surface area contributed by atoms with Crippen molar-refractivity contribution in [3.8, 4) is 0 Å². The third kappa shape index (κ3) is 5.04. The Morgan fingerprint density at radius 3 is 2.82 bits per heavy atom. The van der Waals surface area contributed by atoms with Crippen molar-refractivity contribution in [2.75, 3.05) is 37.0 Å². The Kier molecular flexibility index (Phi) is 7.29. The third-order valence-electron chi connectivity index (χ3n) is 5.57. The first-order valence-electron chi connectivity index (χ1n) is 11.0. The number of pyridine rings is 1. The minimum atomic E-state index is -0.532. The summed E-state index contributed by atoms with van der Waals surface area (Å²) in [5.41, 5.74) is 1.25. The summed E-state index contributed by atoms with van der Waals surface area (Å²) in [6.07, 6.45) is 3.61. The molecule has 1 amide bonds. The number of nitrogens with zero attached hydrogens (tertiary/aromatic N) is 2. The highest BCUT2D eigenvalue weighted by Crippen LogP contribution is 2.38. The number of rotatable bonds is 8. The van der Waals surface area contributed by atoms with Crippen LogP contribution in [0.1, 0.15) is 42.3 Å². The molecule has 1 aliphatic heterocycles. The number of ketones is 1. The highest BCUT2D eigenvalue weighted by molar-refractivity contribution is 9.10. The van der Waals surface area contributed by atoms with Gasteiger partial charge in [-0.1, -0.05) is 15.9 Å². The van der Waals surface area contributed by atoms with Gasteiger partial charge in [-0.2, -0.15) is 0 Å². The maximum atomic E-state index is 13.5. The van der Waals surface area contributed by atoms with Crippen LogP contribution in [0.25, 0.3) is 11.0 Å². The van der Waals surface area contributed by atoms with Gasteiger partial charge in [-0.05, 0) is 56.5 Å². The van der Waals surface area contributed by atoms with Crippen LogP contribution in [-0.2, 0) is 9.47 Å². The number of hydrogen-bond donors (Lipinski definition) is 1. The van der Waals surface area contributed by atoms with E-state index in [0.717, 1.165) is 23.9 Å². The van der Waals surface area contributed by atoms with E-state index in [2.05, 4.69) is 26.2 Å². The summed E-state index contributed by atoms with van der Waals surface area (Å²) < 4.78 is 17.9. The molecule has 1 atom stereocenters. The zero-order valence-electron chi connectivity index (χ0n) is 18.6. The zero-order chi connectivity index (χ0) is 23.4. The molecular weight excluding hydrogens is 490 g/mol. The zero-order valence-corrected chi connectivity index (χ0v) is 20.2. The molecule has 1 saturated heterocycles. The molecule has 0 aliphatic carbocycles. The van der Waals surface area contributed by atoms with E-state index in [4.69, 9.17) is 13.9 Å². The van der Waals surface area contributed by atoms with Crippen LogP contribution < -0.4 is 10.2 Å². The van der Waals surface area contributed by atoms with Crippen molar-refractivity contribution in [3.63, 3.8) is 0 Å². The third-order valence-corrected chi connectivity index (χ3v) is 6.06. The van der Waals surface area contributed by atoms with Gasteiger partial charge in [0.05, 0.1) is 12.7 Å². The Morgan fingerprint density at radius 1 is 1.30 bits per heavy atom. The Morgan fingerprint density at radius 2 is 2.15 bits per heavy atom. The predicted octanol–water partition coefficient (Wildman–Crippen LogP) is 5.40. The largest absolute Gasteiger partial charge is 0.450 e. The molecule has 174 valence electrons. The lowest BCUT2D eigenvalue weighted by atomic mass is 10.1. The number of amides is 1. The van der Waals surface area contributed by atoms with Crippen molar-refractivity contribution in [1.82, 2.24) is 4.98 Å². The SMILES string of the molecule is CCOC(=O)N(CCC1CCCO1)c1c(C(=O)c2ccc(NC)nc2)oc2ccc(Br)cc12. The molecule has 1 aliphatic rings. The summed E-state index contributed by atoms with van der Waals surface area (Å²) in [6.45, 7) is 3.03. The number of ether oxygens (including phenoxy) is 2. The summed E-state index contributed by atoms with van der Waals surface area (Å²) in [6, 6.07) is 8.83. The number of nitrogens with one attached hydrogen (secondary N) is 1. The molecule has 1 unspecified atom stereocenters. The maximum Gasteiger partial charge on any atom is 0.414 e. The van der Waals surface area contributed by atoms with Crippen molar-refractivity contribution in [2.45, 2.75) is 32.3 Å². The molecule has 0 bridgehead atoms. The van der Waals surface area contributed by atoms with Gasteiger partial charge in [0.25, 0.3) is 0 Å². The first-order valence-corrected chi connectivity index (χ1v) is 11.8. The standard InChI is InChI=1S/C24H26BrN3O5/c1-3-31-24(30)28(11-10-17-5-4-12-32-17)21-18-13-16(25)7-8-19(18)33-23(21)22(29)15-6-9-20(26-2)27-14-15/h6-9,13-14,17H,3-5,10-12H2,1-2H3,(H,26,27). The van der Waals surface area contributed by atoms with Crippen LogP contribution in [-0.4, -0.2) is 49.8 Å². The van der Waals surface area contributed by atoms with Crippen molar-refractivity contribution < 1.29 is 23.5 Å². The lowest BCUT2D eigenvalue weighted by molar-refractivity contribution is 0.101. The quantitative estimate of drug-likeness (QED) is 0.401. The fourth-order valence-electron chi connectivity index (χ4n) is 3.93. The topological polar surface area (TPSA) is 93.9 Å². The Hall–Kier alpha value is -2.91. The molecule has 4 rings (SSSR count). The van der Waals surface area contributed by atoms with E-state index in [9.17, 15) is 9.59 Å². The number of anilines is 2. The van der Waals surface area contributed by atoms with E-state index in [0.29, 0.717) is 41.0 Å². The van der Waals surface area contributed by atoms with Gasteiger partial charge in [0.1, 0.15) is 17.1 Å². The molecular formula is C24H26BrN3O5. The number of carbonyl (C=O) groups excluding carboxylic acids is 2. The maximum absolute atomic E-state index is 13.5. The van der Waals surface area contributed by atoms with Crippen LogP contribution >= 0.6 is 15.9 Å². The van der Waals surface area contributed by atoms with Crippen LogP contribution in [0.5, 0.6) is 0 Å². The number of carbonyl (C=O) groups is 2. The van der Waals surface area contributed by atoms with E-state index in [1.807, 2.05) is 12.1 Å². The number of furan rings is 1. The van der Waals surface area contributed by atoms with Gasteiger partial charge in [-0.15, -0.1) is 0 Å². The molecule has 2 aromatic heterocycles. The van der Waals surface area contributed by atoms with Crippen molar-refractivity contribution in [3.05, 3.63) is 52.3 Å². The van der Waals surface area contributed by atoms with Gasteiger partial charge >= 0.3 is 6.09 Å². The molecule has 33 heavy (non-hydrogen) atoms. The minimum absolute atomic E-state index is 0.0718. The smallest absolute Gasteiger partial charge is 0.414 e. The van der Waals surface area contributed by atoms with Crippen LogP contribution in [0.4, 0.5) is 16.3 Å². The molecule has 3 aromatic rings. The summed E-state index contributed by atoms with van der Waals surface area (Å²) in [7, 11) is 1.75. The lowest BCUT2D eigenvalue weighted by Gasteiger charge is -2.23. The van der Waals surface area contributed by atoms with E-state index in [1.54, 1.807) is 32.2 Å². The fourth-order valence-corrected chi connectivity index (χ4v) is 4.29. The highest BCUT2D eigenvalue weighted by atomic mass is 79.9. The van der Waals surface area contributed by atoms with Crippen LogP contribution in [0.3, 0.4) is 0 Å². The number of fused-ring (bicyclic) bond motifs is 1. The molecule has 0 spiro atoms. The molecule has 1 N–H and O–H groups in total. The lowest BCUT2D eigenvalue weighted by Crippen LogP contribution is -2.35. The number of halogens is 1. The minimum Gasteiger partial charge on any atom is -0.450 e. The van der Waals surface area contributed by atoms with E-state index in [-0.39, 0.29) is 24.3 Å². The van der Waals surface area contributed by atoms with Gasteiger partial charge in [0, 0.05) is 41.8 Å². The number of hydrogen-bond acceptors (Lipinski definition) is 7. The summed E-state index contributed by atoms with van der Waals surface area (Å²) in [5, 5.41) is 3.58. The second-order valence-electron chi connectivity index (χ2n) is 7.71. The first kappa shape index (κ1) is 23.3. The van der Waals surface area contributed by atoms with Crippen molar-refractivity contribution >= 4 is 50.3 Å². The molecule has 1 fully saturated rings. The molecule has 0 radical (unpaired) electrons. The molecule has 1 aromatic carbocycles. The van der Waals surface area contributed by atoms with E-state index < -0.39 is 6.09 Å². The van der Waals surface area contributed by atoms with Gasteiger partial charge in [-0.3, -0.25) is 9.69 Å². The van der Waals surface area contributed by atoms with Gasteiger partial charge < -0.3 is 19.2 Å². The van der Waals surface area contributed by atoms with Crippen LogP contribution in [0, 0.1) is 0 Å². The fraction of sp³-hybridized carbons (Fsp3) is 0.375. The van der Waals surface area contributed by atoms with E-state index >= 15 is 0 Å². The Balaban J connectivity index is 1.79. The summed E-state index contributed by atoms with van der Waals surface area (Å²) >= 11 is 3.49. The van der Waals surface area contributed by atoms with Crippen LogP contribution in [0.2, 0.25) is 0 Å². The Bertz CT molecular complexity index is 1140. The average molecular weight is 516 g/mol. The number of aromatic nitrogens is 1. The van der Waals surface area contributed by atoms with Gasteiger partial charge in [0.15, 0.2) is 5.76 Å². The molecule has 8 nitrogen and oxygen atoms in total. The van der Waals surface area contributed by atoms with Crippen molar-refractivity contribution in [2.24, 2.45) is 0 Å². The first-order chi connectivity index (χ1) is 16.0. The molecule has 3 heterocycles. The highest BCUT2D eigenvalue weighted by Gasteiger charge is 2.31. The molecule has 9 heteroatoms. The normalized spacial score (nSPS) is 15.5. The van der Waals surface area contributed by atoms with Gasteiger partial charge in [0.2, 0.25) is 5.78 Å². The number of benzene rings is 1. The molecule has 0 saturated carbocycles.